The smallest absolute Gasteiger partial charge is 0.366 e. The number of carbonyl (C=O) groups is 2. The molecular weight excluding hydrogens is 441 g/mol. The second kappa shape index (κ2) is 8.47. The molecule has 5 heterocycles. The quantitative estimate of drug-likeness (QED) is 0.704. The van der Waals surface area contributed by atoms with Crippen molar-refractivity contribution in [2.24, 2.45) is 5.92 Å². The van der Waals surface area contributed by atoms with Gasteiger partial charge >= 0.3 is 12.2 Å². The summed E-state index contributed by atoms with van der Waals surface area (Å²) in [5.74, 6) is 0.138. The fourth-order valence-electron chi connectivity index (χ4n) is 4.96. The van der Waals surface area contributed by atoms with Gasteiger partial charge in [-0.2, -0.15) is 18.3 Å². The first kappa shape index (κ1) is 21.9. The number of fused-ring (bicyclic) bond motifs is 2. The topological polar surface area (TPSA) is 103 Å². The number of alkyl halides is 3. The van der Waals surface area contributed by atoms with Crippen molar-refractivity contribution in [1.82, 2.24) is 30.3 Å². The van der Waals surface area contributed by atoms with Crippen LogP contribution in [0.1, 0.15) is 30.7 Å². The fraction of sp³-hybridized carbons (Fsp3) is 0.619. The van der Waals surface area contributed by atoms with Crippen LogP contribution in [0.25, 0.3) is 11.0 Å². The summed E-state index contributed by atoms with van der Waals surface area (Å²) in [6, 6.07) is 2.85. The zero-order chi connectivity index (χ0) is 23.2. The number of urea groups is 1. The van der Waals surface area contributed by atoms with Crippen LogP contribution in [0.3, 0.4) is 0 Å². The van der Waals surface area contributed by atoms with Crippen molar-refractivity contribution in [2.45, 2.75) is 44.0 Å². The maximum Gasteiger partial charge on any atom is 0.433 e. The Hall–Kier alpha value is -2.89. The minimum Gasteiger partial charge on any atom is -0.366 e. The van der Waals surface area contributed by atoms with Gasteiger partial charge in [0.05, 0.1) is 17.5 Å². The molecule has 0 aromatic carbocycles. The van der Waals surface area contributed by atoms with Crippen LogP contribution in [0.4, 0.5) is 18.0 Å². The van der Waals surface area contributed by atoms with Crippen LogP contribution in [0.5, 0.6) is 0 Å². The Morgan fingerprint density at radius 3 is 2.67 bits per heavy atom. The third-order valence-electron chi connectivity index (χ3n) is 6.74. The molecule has 3 saturated heterocycles. The number of hydrogen-bond donors (Lipinski definition) is 2. The Morgan fingerprint density at radius 2 is 1.91 bits per heavy atom. The molecule has 12 heteroatoms. The van der Waals surface area contributed by atoms with E-state index < -0.39 is 11.9 Å². The lowest BCUT2D eigenvalue weighted by molar-refractivity contribution is -0.140. The molecule has 3 fully saturated rings. The van der Waals surface area contributed by atoms with Gasteiger partial charge in [0.25, 0.3) is 0 Å². The van der Waals surface area contributed by atoms with Crippen molar-refractivity contribution < 1.29 is 27.5 Å². The SMILES string of the molecule is O=C1CO[C@H]2CCN(C(=O)N3CCC(Cc4ccc5c(C(F)(F)F)[nH]nc5n4)CC3)C[C@H]2N1. The Bertz CT molecular complexity index is 1050. The van der Waals surface area contributed by atoms with Crippen molar-refractivity contribution in [3.63, 3.8) is 0 Å². The number of likely N-dealkylation sites (tertiary alicyclic amines) is 2. The average Bonchev–Trinajstić information content (AvgIpc) is 3.22. The van der Waals surface area contributed by atoms with Gasteiger partial charge in [-0.3, -0.25) is 9.89 Å². The normalized spacial score (nSPS) is 24.6. The van der Waals surface area contributed by atoms with E-state index >= 15 is 0 Å². The van der Waals surface area contributed by atoms with E-state index in [-0.39, 0.29) is 47.6 Å². The number of morpholine rings is 1. The summed E-state index contributed by atoms with van der Waals surface area (Å²) in [6.45, 7) is 2.35. The van der Waals surface area contributed by atoms with Crippen molar-refractivity contribution in [1.29, 1.82) is 0 Å². The number of aromatic nitrogens is 3. The van der Waals surface area contributed by atoms with Crippen LogP contribution in [-0.2, 0) is 22.1 Å². The Labute approximate surface area is 187 Å². The van der Waals surface area contributed by atoms with E-state index in [0.717, 1.165) is 12.8 Å². The van der Waals surface area contributed by atoms with Gasteiger partial charge in [-0.25, -0.2) is 9.78 Å². The molecule has 0 unspecified atom stereocenters. The van der Waals surface area contributed by atoms with Gasteiger partial charge in [0.15, 0.2) is 5.65 Å². The van der Waals surface area contributed by atoms with Gasteiger partial charge < -0.3 is 19.9 Å². The first-order valence-electron chi connectivity index (χ1n) is 11.1. The van der Waals surface area contributed by atoms with Gasteiger partial charge in [0.2, 0.25) is 5.91 Å². The van der Waals surface area contributed by atoms with Crippen LogP contribution >= 0.6 is 0 Å². The number of aromatic amines is 1. The summed E-state index contributed by atoms with van der Waals surface area (Å²) in [4.78, 5) is 32.5. The first-order valence-corrected chi connectivity index (χ1v) is 11.1. The minimum absolute atomic E-state index is 0.0255. The number of pyridine rings is 1. The first-order chi connectivity index (χ1) is 15.8. The Morgan fingerprint density at radius 1 is 1.15 bits per heavy atom. The number of H-pyrrole nitrogens is 1. The lowest BCUT2D eigenvalue weighted by Gasteiger charge is -2.43. The van der Waals surface area contributed by atoms with E-state index in [1.165, 1.54) is 6.07 Å². The van der Waals surface area contributed by atoms with E-state index in [0.29, 0.717) is 44.7 Å². The molecule has 3 amide bonds. The van der Waals surface area contributed by atoms with Gasteiger partial charge in [-0.05, 0) is 43.7 Å². The lowest BCUT2D eigenvalue weighted by Crippen LogP contribution is -2.62. The molecule has 2 atom stereocenters. The largest absolute Gasteiger partial charge is 0.433 e. The number of ether oxygens (including phenoxy) is 1. The molecule has 3 aliphatic heterocycles. The standard InChI is InChI=1S/C21H25F3N6O3/c22-21(23,24)18-14-2-1-13(25-19(14)28-27-18)9-12-3-6-29(7-4-12)20(32)30-8-5-16-15(10-30)26-17(31)11-33-16/h1-2,12,15-16H,3-11H2,(H,26,31)(H,25,27,28)/t15-,16+/m1/s1. The number of halogens is 3. The number of nitrogens with zero attached hydrogens (tertiary/aromatic N) is 4. The number of carbonyl (C=O) groups excluding carboxylic acids is 2. The summed E-state index contributed by atoms with van der Waals surface area (Å²) in [7, 11) is 0. The molecule has 0 bridgehead atoms. The number of nitrogens with one attached hydrogen (secondary N) is 2. The third kappa shape index (κ3) is 4.48. The van der Waals surface area contributed by atoms with Gasteiger partial charge in [-0.1, -0.05) is 0 Å². The highest BCUT2D eigenvalue weighted by Crippen LogP contribution is 2.33. The molecule has 0 saturated carbocycles. The molecule has 5 rings (SSSR count). The summed E-state index contributed by atoms with van der Waals surface area (Å²) >= 11 is 0. The fourth-order valence-corrected chi connectivity index (χ4v) is 4.96. The van der Waals surface area contributed by atoms with Crippen LogP contribution in [0.2, 0.25) is 0 Å². The molecule has 3 aliphatic rings. The second-order valence-electron chi connectivity index (χ2n) is 8.95. The summed E-state index contributed by atoms with van der Waals surface area (Å²) in [5, 5.41) is 8.62. The monoisotopic (exact) mass is 466 g/mol. The van der Waals surface area contributed by atoms with Crippen LogP contribution < -0.4 is 5.32 Å². The molecule has 2 N–H and O–H groups in total. The molecule has 0 radical (unpaired) electrons. The summed E-state index contributed by atoms with van der Waals surface area (Å²) < 4.78 is 44.6. The number of amides is 3. The number of piperidine rings is 2. The van der Waals surface area contributed by atoms with Crippen LogP contribution in [-0.4, -0.2) is 81.9 Å². The van der Waals surface area contributed by atoms with E-state index in [2.05, 4.69) is 15.4 Å². The molecular formula is C21H25F3N6O3. The third-order valence-corrected chi connectivity index (χ3v) is 6.74. The highest BCUT2D eigenvalue weighted by molar-refractivity contribution is 5.79. The Kier molecular flexibility index (Phi) is 5.63. The van der Waals surface area contributed by atoms with Crippen LogP contribution in [0, 0.1) is 5.92 Å². The maximum absolute atomic E-state index is 13.0. The summed E-state index contributed by atoms with van der Waals surface area (Å²) in [6.07, 6.45) is -1.63. The van der Waals surface area contributed by atoms with E-state index in [9.17, 15) is 22.8 Å². The van der Waals surface area contributed by atoms with Crippen molar-refractivity contribution in [2.75, 3.05) is 32.8 Å². The van der Waals surface area contributed by atoms with Gasteiger partial charge in [0, 0.05) is 31.9 Å². The molecule has 2 aromatic rings. The maximum atomic E-state index is 13.0. The summed E-state index contributed by atoms with van der Waals surface area (Å²) in [5.41, 5.74) is -0.121. The van der Waals surface area contributed by atoms with E-state index in [1.807, 2.05) is 10.00 Å². The molecule has 178 valence electrons. The Balaban J connectivity index is 1.15. The number of hydrogen-bond acceptors (Lipinski definition) is 5. The van der Waals surface area contributed by atoms with Gasteiger partial charge in [-0.15, -0.1) is 0 Å². The zero-order valence-electron chi connectivity index (χ0n) is 17.9. The second-order valence-corrected chi connectivity index (χ2v) is 8.95. The highest BCUT2D eigenvalue weighted by atomic mass is 19.4. The van der Waals surface area contributed by atoms with Crippen LogP contribution in [0.15, 0.2) is 12.1 Å². The van der Waals surface area contributed by atoms with Crippen molar-refractivity contribution in [3.8, 4) is 0 Å². The predicted octanol–water partition coefficient (Wildman–Crippen LogP) is 1.94. The van der Waals surface area contributed by atoms with Crippen molar-refractivity contribution >= 4 is 23.0 Å². The molecule has 9 nitrogen and oxygen atoms in total. The highest BCUT2D eigenvalue weighted by Gasteiger charge is 2.38. The molecule has 33 heavy (non-hydrogen) atoms. The van der Waals surface area contributed by atoms with E-state index in [1.54, 1.807) is 11.0 Å². The molecule has 2 aromatic heterocycles. The minimum atomic E-state index is -4.50. The molecule has 0 spiro atoms. The number of rotatable bonds is 2. The predicted molar refractivity (Wildman–Crippen MR) is 110 cm³/mol. The van der Waals surface area contributed by atoms with Crippen molar-refractivity contribution in [3.05, 3.63) is 23.5 Å². The zero-order valence-corrected chi connectivity index (χ0v) is 17.9. The molecule has 0 aliphatic carbocycles. The van der Waals surface area contributed by atoms with Gasteiger partial charge in [0.1, 0.15) is 12.3 Å². The lowest BCUT2D eigenvalue weighted by atomic mass is 9.92. The average molecular weight is 466 g/mol. The van der Waals surface area contributed by atoms with E-state index in [4.69, 9.17) is 4.74 Å².